The molecule has 1 amide bonds. The Morgan fingerprint density at radius 2 is 1.91 bits per heavy atom. The van der Waals surface area contributed by atoms with Gasteiger partial charge in [-0.15, -0.1) is 0 Å². The minimum Gasteiger partial charge on any atom is -0.379 e. The van der Waals surface area contributed by atoms with Crippen LogP contribution in [0.3, 0.4) is 0 Å². The van der Waals surface area contributed by atoms with E-state index in [1.807, 2.05) is 0 Å². The molecule has 0 radical (unpaired) electrons. The van der Waals surface area contributed by atoms with E-state index in [2.05, 4.69) is 57.8 Å². The van der Waals surface area contributed by atoms with E-state index in [1.54, 1.807) is 0 Å². The predicted octanol–water partition coefficient (Wildman–Crippen LogP) is 2.45. The van der Waals surface area contributed by atoms with E-state index in [-0.39, 0.29) is 22.8 Å². The first-order chi connectivity index (χ1) is 10.2. The van der Waals surface area contributed by atoms with Crippen molar-refractivity contribution in [2.75, 3.05) is 32.8 Å². The highest BCUT2D eigenvalue weighted by molar-refractivity contribution is 5.83. The Morgan fingerprint density at radius 1 is 1.32 bits per heavy atom. The number of ether oxygens (including phenoxy) is 1. The molecule has 1 aliphatic heterocycles. The Morgan fingerprint density at radius 3 is 2.45 bits per heavy atom. The lowest BCUT2D eigenvalue weighted by Crippen LogP contribution is -2.55. The van der Waals surface area contributed by atoms with Gasteiger partial charge in [-0.1, -0.05) is 25.5 Å². The largest absolute Gasteiger partial charge is 0.379 e. The molecule has 1 aliphatic carbocycles. The van der Waals surface area contributed by atoms with Crippen LogP contribution >= 0.6 is 0 Å². The molecular formula is C18H32N2O2. The molecule has 0 aromatic carbocycles. The lowest BCUT2D eigenvalue weighted by atomic mass is 10.0. The Balaban J connectivity index is 1.89. The van der Waals surface area contributed by atoms with Gasteiger partial charge in [0.2, 0.25) is 5.91 Å². The van der Waals surface area contributed by atoms with E-state index >= 15 is 0 Å². The van der Waals surface area contributed by atoms with E-state index in [1.165, 1.54) is 5.57 Å². The summed E-state index contributed by atoms with van der Waals surface area (Å²) in [6.45, 7) is 17.1. The molecule has 4 nitrogen and oxygen atoms in total. The highest BCUT2D eigenvalue weighted by atomic mass is 16.5. The maximum absolute atomic E-state index is 12.6. The van der Waals surface area contributed by atoms with Crippen molar-refractivity contribution in [1.29, 1.82) is 0 Å². The molecule has 2 aliphatic rings. The van der Waals surface area contributed by atoms with Crippen molar-refractivity contribution in [2.24, 2.45) is 17.3 Å². The van der Waals surface area contributed by atoms with Crippen molar-refractivity contribution >= 4 is 5.91 Å². The third-order valence-corrected chi connectivity index (χ3v) is 5.27. The second-order valence-corrected chi connectivity index (χ2v) is 8.20. The van der Waals surface area contributed by atoms with E-state index in [4.69, 9.17) is 4.74 Å². The molecule has 0 spiro atoms. The lowest BCUT2D eigenvalue weighted by Gasteiger charge is -2.40. The molecule has 1 heterocycles. The quantitative estimate of drug-likeness (QED) is 0.793. The zero-order valence-corrected chi connectivity index (χ0v) is 15.0. The minimum absolute atomic E-state index is 0.0233. The molecule has 1 saturated carbocycles. The van der Waals surface area contributed by atoms with Gasteiger partial charge in [0.1, 0.15) is 0 Å². The summed E-state index contributed by atoms with van der Waals surface area (Å²) in [4.78, 5) is 15.0. The second-order valence-electron chi connectivity index (χ2n) is 8.20. The monoisotopic (exact) mass is 308 g/mol. The first kappa shape index (κ1) is 17.5. The van der Waals surface area contributed by atoms with Gasteiger partial charge in [-0.25, -0.2) is 0 Å². The Kier molecular flexibility index (Phi) is 5.03. The molecule has 22 heavy (non-hydrogen) atoms. The number of carbonyl (C=O) groups is 1. The van der Waals surface area contributed by atoms with Gasteiger partial charge < -0.3 is 10.1 Å². The number of hydrogen-bond acceptors (Lipinski definition) is 3. The average molecular weight is 308 g/mol. The number of nitrogens with zero attached hydrogens (tertiary/aromatic N) is 1. The fourth-order valence-corrected chi connectivity index (χ4v) is 3.54. The first-order valence-electron chi connectivity index (χ1n) is 8.42. The van der Waals surface area contributed by atoms with Crippen LogP contribution in [0.4, 0.5) is 0 Å². The van der Waals surface area contributed by atoms with E-state index in [0.29, 0.717) is 12.5 Å². The van der Waals surface area contributed by atoms with Crippen molar-refractivity contribution in [1.82, 2.24) is 10.2 Å². The van der Waals surface area contributed by atoms with Crippen LogP contribution in [-0.2, 0) is 9.53 Å². The van der Waals surface area contributed by atoms with Gasteiger partial charge in [-0.3, -0.25) is 9.69 Å². The summed E-state index contributed by atoms with van der Waals surface area (Å²) in [5, 5.41) is 3.19. The van der Waals surface area contributed by atoms with Crippen molar-refractivity contribution in [3.63, 3.8) is 0 Å². The Labute approximate surface area is 135 Å². The maximum atomic E-state index is 12.6. The van der Waals surface area contributed by atoms with Crippen molar-refractivity contribution in [3.8, 4) is 0 Å². The first-order valence-corrected chi connectivity index (χ1v) is 8.42. The van der Waals surface area contributed by atoms with E-state index in [9.17, 15) is 4.79 Å². The molecule has 0 aromatic heterocycles. The van der Waals surface area contributed by atoms with Gasteiger partial charge in [-0.2, -0.15) is 0 Å². The number of carbonyl (C=O) groups excluding carboxylic acids is 1. The zero-order valence-electron chi connectivity index (χ0n) is 15.0. The van der Waals surface area contributed by atoms with E-state index in [0.717, 1.165) is 26.3 Å². The summed E-state index contributed by atoms with van der Waals surface area (Å²) in [6, 6.07) is 0. The molecule has 1 saturated heterocycles. The van der Waals surface area contributed by atoms with Crippen LogP contribution in [-0.4, -0.2) is 49.2 Å². The van der Waals surface area contributed by atoms with Gasteiger partial charge >= 0.3 is 0 Å². The van der Waals surface area contributed by atoms with Crippen LogP contribution in [0, 0.1) is 17.3 Å². The predicted molar refractivity (Wildman–Crippen MR) is 89.7 cm³/mol. The summed E-state index contributed by atoms with van der Waals surface area (Å²) in [5.41, 5.74) is 1.36. The SMILES string of the molecule is CC(C)=C[C@@H]1[C@H](C(=O)NCC(C)(C)N2CCOCC2)C1(C)C. The average Bonchev–Trinajstić information content (AvgIpc) is 2.97. The van der Waals surface area contributed by atoms with Crippen LogP contribution in [0.2, 0.25) is 0 Å². The summed E-state index contributed by atoms with van der Waals surface area (Å²) in [6.07, 6.45) is 2.25. The minimum atomic E-state index is -0.0233. The molecule has 0 aromatic rings. The van der Waals surface area contributed by atoms with Gasteiger partial charge in [0, 0.05) is 25.2 Å². The zero-order chi connectivity index (χ0) is 16.5. The number of allylic oxidation sites excluding steroid dienone is 2. The van der Waals surface area contributed by atoms with Crippen LogP contribution in [0.25, 0.3) is 0 Å². The number of rotatable bonds is 5. The molecule has 126 valence electrons. The summed E-state index contributed by atoms with van der Waals surface area (Å²) in [5.74, 6) is 0.695. The molecule has 0 unspecified atom stereocenters. The smallest absolute Gasteiger partial charge is 0.224 e. The Hall–Kier alpha value is -0.870. The highest BCUT2D eigenvalue weighted by Gasteiger charge is 2.60. The fourth-order valence-electron chi connectivity index (χ4n) is 3.54. The van der Waals surface area contributed by atoms with Gasteiger partial charge in [-0.05, 0) is 39.0 Å². The molecule has 0 bridgehead atoms. The Bertz CT molecular complexity index is 444. The standard InChI is InChI=1S/C18H32N2O2/c1-13(2)11-14-15(18(14,5)6)16(21)19-12-17(3,4)20-7-9-22-10-8-20/h11,14-15H,7-10,12H2,1-6H3,(H,19,21)/t14-,15-/m1/s1. The fraction of sp³-hybridized carbons (Fsp3) is 0.833. The maximum Gasteiger partial charge on any atom is 0.224 e. The van der Waals surface area contributed by atoms with Crippen LogP contribution in [0.5, 0.6) is 0 Å². The van der Waals surface area contributed by atoms with E-state index < -0.39 is 0 Å². The number of hydrogen-bond donors (Lipinski definition) is 1. The highest BCUT2D eigenvalue weighted by Crippen LogP contribution is 2.59. The van der Waals surface area contributed by atoms with Crippen LogP contribution < -0.4 is 5.32 Å². The van der Waals surface area contributed by atoms with Crippen LogP contribution in [0.1, 0.15) is 41.5 Å². The molecule has 1 N–H and O–H groups in total. The number of nitrogens with one attached hydrogen (secondary N) is 1. The third kappa shape index (κ3) is 3.72. The van der Waals surface area contributed by atoms with Crippen molar-refractivity contribution in [3.05, 3.63) is 11.6 Å². The van der Waals surface area contributed by atoms with Crippen molar-refractivity contribution < 1.29 is 9.53 Å². The lowest BCUT2D eigenvalue weighted by molar-refractivity contribution is -0.123. The molecule has 2 fully saturated rings. The normalized spacial score (nSPS) is 28.1. The van der Waals surface area contributed by atoms with Gasteiger partial charge in [0.25, 0.3) is 0 Å². The molecule has 2 atom stereocenters. The molecular weight excluding hydrogens is 276 g/mol. The van der Waals surface area contributed by atoms with Crippen molar-refractivity contribution in [2.45, 2.75) is 47.1 Å². The number of morpholine rings is 1. The van der Waals surface area contributed by atoms with Gasteiger partial charge in [0.15, 0.2) is 0 Å². The molecule has 4 heteroatoms. The summed E-state index contributed by atoms with van der Waals surface area (Å²) >= 11 is 0. The second kappa shape index (κ2) is 6.32. The van der Waals surface area contributed by atoms with Gasteiger partial charge in [0.05, 0.1) is 19.1 Å². The third-order valence-electron chi connectivity index (χ3n) is 5.27. The van der Waals surface area contributed by atoms with Crippen LogP contribution in [0.15, 0.2) is 11.6 Å². The molecule has 2 rings (SSSR count). The summed E-state index contributed by atoms with van der Waals surface area (Å²) < 4.78 is 5.41. The number of amides is 1. The summed E-state index contributed by atoms with van der Waals surface area (Å²) in [7, 11) is 0. The topological polar surface area (TPSA) is 41.6 Å².